The number of hydrogen-bond donors (Lipinski definition) is 2. The highest BCUT2D eigenvalue weighted by atomic mass is 19.4. The number of hydroxylamine groups is 2. The van der Waals surface area contributed by atoms with Crippen LogP contribution in [0.5, 0.6) is 5.75 Å². The van der Waals surface area contributed by atoms with Gasteiger partial charge in [-0.2, -0.15) is 36.7 Å². The number of benzene rings is 2. The standard InChI is InChI=1S/C26H19F7N6O5/c1-43-20-8-14(3-7-19(20)37-24(42)38-21-12-35-18(10-34)11-36-21)2-4-15-9-17(27)6-5-16(15)13-39(22(40)25(28,29)30)44-23(41)26(31,32)33/h3,5-9,11-12H,2,4,13H2,1H3,(H2,36,37,38,42). The molecule has 0 radical (unpaired) electrons. The normalized spacial score (nSPS) is 11.2. The Morgan fingerprint density at radius 1 is 0.932 bits per heavy atom. The third-order valence-electron chi connectivity index (χ3n) is 5.58. The maximum atomic E-state index is 14.0. The van der Waals surface area contributed by atoms with Gasteiger partial charge in [0.2, 0.25) is 0 Å². The van der Waals surface area contributed by atoms with Crippen LogP contribution in [0.3, 0.4) is 0 Å². The van der Waals surface area contributed by atoms with Crippen molar-refractivity contribution in [1.29, 1.82) is 5.26 Å². The molecular formula is C26H19F7N6O5. The van der Waals surface area contributed by atoms with Crippen LogP contribution in [0.4, 0.5) is 47.0 Å². The fourth-order valence-electron chi connectivity index (χ4n) is 3.57. The lowest BCUT2D eigenvalue weighted by Crippen LogP contribution is -2.44. The van der Waals surface area contributed by atoms with Crippen LogP contribution in [0.2, 0.25) is 0 Å². The van der Waals surface area contributed by atoms with Crippen LogP contribution in [-0.4, -0.2) is 52.4 Å². The Balaban J connectivity index is 1.76. The number of aryl methyl sites for hydroxylation is 2. The number of nitrogens with one attached hydrogen (secondary N) is 2. The third-order valence-corrected chi connectivity index (χ3v) is 5.58. The molecule has 18 heteroatoms. The summed E-state index contributed by atoms with van der Waals surface area (Å²) in [4.78, 5) is 46.6. The molecule has 0 spiro atoms. The Morgan fingerprint density at radius 3 is 2.25 bits per heavy atom. The first kappa shape index (κ1) is 33.0. The molecule has 2 aromatic carbocycles. The maximum absolute atomic E-state index is 14.0. The molecule has 1 heterocycles. The highest BCUT2D eigenvalue weighted by Gasteiger charge is 2.48. The average Bonchev–Trinajstić information content (AvgIpc) is 2.96. The Morgan fingerprint density at radius 2 is 1.66 bits per heavy atom. The molecule has 3 rings (SSSR count). The average molecular weight is 628 g/mol. The van der Waals surface area contributed by atoms with Crippen molar-refractivity contribution in [3.63, 3.8) is 0 Å². The van der Waals surface area contributed by atoms with Gasteiger partial charge in [0.05, 0.1) is 31.7 Å². The second-order valence-corrected chi connectivity index (χ2v) is 8.64. The first-order chi connectivity index (χ1) is 20.6. The number of rotatable bonds is 8. The molecule has 0 saturated heterocycles. The number of methoxy groups -OCH3 is 1. The number of carbonyl (C=O) groups is 3. The summed E-state index contributed by atoms with van der Waals surface area (Å²) in [7, 11) is 1.30. The molecule has 1 aromatic heterocycles. The lowest BCUT2D eigenvalue weighted by Gasteiger charge is -2.23. The van der Waals surface area contributed by atoms with Crippen molar-refractivity contribution in [2.24, 2.45) is 0 Å². The third kappa shape index (κ3) is 9.01. The summed E-state index contributed by atoms with van der Waals surface area (Å²) in [6, 6.07) is 8.15. The number of anilines is 2. The first-order valence-electron chi connectivity index (χ1n) is 12.0. The van der Waals surface area contributed by atoms with Crippen molar-refractivity contribution in [3.05, 3.63) is 77.0 Å². The zero-order valence-electron chi connectivity index (χ0n) is 22.2. The van der Waals surface area contributed by atoms with Gasteiger partial charge in [-0.3, -0.25) is 10.1 Å². The fraction of sp³-hybridized carbons (Fsp3) is 0.231. The van der Waals surface area contributed by atoms with Crippen LogP contribution in [0, 0.1) is 17.1 Å². The van der Waals surface area contributed by atoms with E-state index < -0.39 is 47.7 Å². The number of aromatic nitrogens is 2. The van der Waals surface area contributed by atoms with Gasteiger partial charge >= 0.3 is 30.3 Å². The number of nitriles is 1. The molecule has 2 N–H and O–H groups in total. The van der Waals surface area contributed by atoms with Gasteiger partial charge in [0, 0.05) is 0 Å². The van der Waals surface area contributed by atoms with Crippen molar-refractivity contribution in [1.82, 2.24) is 15.0 Å². The minimum absolute atomic E-state index is 0.00268. The number of urea groups is 1. The SMILES string of the molecule is COc1cc(CCc2cc(F)ccc2CN(OC(=O)C(F)(F)F)C(=O)C(F)(F)F)ccc1NC(=O)Nc1cnc(C#N)cn1. The van der Waals surface area contributed by atoms with Crippen molar-refractivity contribution < 1.29 is 54.7 Å². The van der Waals surface area contributed by atoms with Crippen molar-refractivity contribution in [2.45, 2.75) is 31.7 Å². The number of hydrogen-bond acceptors (Lipinski definition) is 8. The largest absolute Gasteiger partial charge is 0.495 e. The molecule has 3 amide bonds. The highest BCUT2D eigenvalue weighted by molar-refractivity contribution is 6.00. The van der Waals surface area contributed by atoms with E-state index in [-0.39, 0.29) is 46.9 Å². The van der Waals surface area contributed by atoms with Crippen molar-refractivity contribution in [2.75, 3.05) is 17.7 Å². The number of ether oxygens (including phenoxy) is 1. The molecule has 232 valence electrons. The molecule has 0 saturated carbocycles. The topological polar surface area (TPSA) is 147 Å². The van der Waals surface area contributed by atoms with E-state index in [0.29, 0.717) is 5.56 Å². The number of nitrogens with zero attached hydrogens (tertiary/aromatic N) is 4. The predicted molar refractivity (Wildman–Crippen MR) is 135 cm³/mol. The lowest BCUT2D eigenvalue weighted by atomic mass is 9.99. The molecular weight excluding hydrogens is 609 g/mol. The molecule has 11 nitrogen and oxygen atoms in total. The molecule has 0 unspecified atom stereocenters. The van der Waals surface area contributed by atoms with Crippen LogP contribution < -0.4 is 15.4 Å². The van der Waals surface area contributed by atoms with Crippen LogP contribution in [0.1, 0.15) is 22.4 Å². The fourth-order valence-corrected chi connectivity index (χ4v) is 3.57. The second-order valence-electron chi connectivity index (χ2n) is 8.64. The smallest absolute Gasteiger partial charge is 0.493 e. The van der Waals surface area contributed by atoms with Gasteiger partial charge in [-0.15, -0.1) is 0 Å². The van der Waals surface area contributed by atoms with E-state index in [0.717, 1.165) is 30.6 Å². The predicted octanol–water partition coefficient (Wildman–Crippen LogP) is 4.84. The van der Waals surface area contributed by atoms with Crippen molar-refractivity contribution in [3.8, 4) is 11.8 Å². The van der Waals surface area contributed by atoms with Gasteiger partial charge in [0.25, 0.3) is 0 Å². The summed E-state index contributed by atoms with van der Waals surface area (Å²) >= 11 is 0. The van der Waals surface area contributed by atoms with Gasteiger partial charge in [-0.25, -0.2) is 23.9 Å². The first-order valence-corrected chi connectivity index (χ1v) is 12.0. The Hall–Kier alpha value is -5.47. The highest BCUT2D eigenvalue weighted by Crippen LogP contribution is 2.28. The zero-order valence-corrected chi connectivity index (χ0v) is 22.2. The number of alkyl halides is 6. The molecule has 0 aliphatic carbocycles. The van der Waals surface area contributed by atoms with Crippen molar-refractivity contribution >= 4 is 29.4 Å². The van der Waals surface area contributed by atoms with E-state index in [9.17, 15) is 45.1 Å². The summed E-state index contributed by atoms with van der Waals surface area (Å²) in [5, 5.41) is 12.9. The molecule has 0 aliphatic rings. The number of halogens is 7. The minimum Gasteiger partial charge on any atom is -0.495 e. The summed E-state index contributed by atoms with van der Waals surface area (Å²) < 4.78 is 96.3. The quantitative estimate of drug-likeness (QED) is 0.266. The monoisotopic (exact) mass is 628 g/mol. The van der Waals surface area contributed by atoms with Gasteiger partial charge in [0.15, 0.2) is 11.5 Å². The molecule has 44 heavy (non-hydrogen) atoms. The van der Waals surface area contributed by atoms with E-state index in [1.165, 1.54) is 25.3 Å². The van der Waals surface area contributed by atoms with Gasteiger partial charge in [-0.05, 0) is 53.8 Å². The van der Waals surface area contributed by atoms with E-state index in [4.69, 9.17) is 10.00 Å². The Bertz CT molecular complexity index is 1570. The Labute approximate surface area is 243 Å². The zero-order chi connectivity index (χ0) is 32.7. The molecule has 3 aromatic rings. The van der Waals surface area contributed by atoms with Crippen LogP contribution in [0.15, 0.2) is 48.8 Å². The van der Waals surface area contributed by atoms with Crippen LogP contribution in [-0.2, 0) is 33.8 Å². The van der Waals surface area contributed by atoms with Gasteiger partial charge < -0.3 is 14.9 Å². The van der Waals surface area contributed by atoms with E-state index in [1.807, 2.05) is 0 Å². The molecule has 0 bridgehead atoms. The molecule has 0 aliphatic heterocycles. The lowest BCUT2D eigenvalue weighted by molar-refractivity contribution is -0.253. The minimum atomic E-state index is -5.70. The molecule has 0 fully saturated rings. The van der Waals surface area contributed by atoms with E-state index in [1.54, 1.807) is 6.07 Å². The number of amides is 3. The summed E-state index contributed by atoms with van der Waals surface area (Å²) in [6.45, 7) is -1.26. The summed E-state index contributed by atoms with van der Waals surface area (Å²) in [5.41, 5.74) is 0.529. The van der Waals surface area contributed by atoms with Gasteiger partial charge in [-0.1, -0.05) is 12.1 Å². The van der Waals surface area contributed by atoms with Crippen LogP contribution >= 0.6 is 0 Å². The summed E-state index contributed by atoms with van der Waals surface area (Å²) in [6.07, 6.45) is -9.09. The second kappa shape index (κ2) is 13.7. The van der Waals surface area contributed by atoms with Crippen LogP contribution in [0.25, 0.3) is 0 Å². The maximum Gasteiger partial charge on any atom is 0.493 e. The molecule has 0 atom stereocenters. The van der Waals surface area contributed by atoms with E-state index >= 15 is 0 Å². The Kier molecular flexibility index (Phi) is 10.3. The van der Waals surface area contributed by atoms with Gasteiger partial charge in [0.1, 0.15) is 17.6 Å². The van der Waals surface area contributed by atoms with E-state index in [2.05, 4.69) is 25.4 Å². The summed E-state index contributed by atoms with van der Waals surface area (Å²) in [5.74, 6) is -6.55. The number of carbonyl (C=O) groups excluding carboxylic acids is 3.